The second kappa shape index (κ2) is 5.08. The van der Waals surface area contributed by atoms with Crippen molar-refractivity contribution in [3.05, 3.63) is 23.8 Å². The van der Waals surface area contributed by atoms with Crippen LogP contribution in [0, 0.1) is 0 Å². The molecule has 0 aliphatic carbocycles. The van der Waals surface area contributed by atoms with Gasteiger partial charge in [0.2, 0.25) is 0 Å². The van der Waals surface area contributed by atoms with Crippen molar-refractivity contribution in [3.63, 3.8) is 0 Å². The van der Waals surface area contributed by atoms with Gasteiger partial charge in [0.15, 0.2) is 23.4 Å². The lowest BCUT2D eigenvalue weighted by atomic mass is 10.0. The Morgan fingerprint density at radius 3 is 3.00 bits per heavy atom. The van der Waals surface area contributed by atoms with Crippen molar-refractivity contribution in [3.8, 4) is 11.5 Å². The van der Waals surface area contributed by atoms with Crippen LogP contribution in [0.5, 0.6) is 11.5 Å². The number of Topliss-reactive ketones (excluding diaryl/α,β-unsaturated/α-hetero) is 1. The lowest BCUT2D eigenvalue weighted by Gasteiger charge is -2.21. The number of carbonyl (C=O) groups is 2. The van der Waals surface area contributed by atoms with E-state index in [9.17, 15) is 9.59 Å². The Balaban J connectivity index is 2.31. The van der Waals surface area contributed by atoms with Gasteiger partial charge in [-0.05, 0) is 18.6 Å². The zero-order valence-electron chi connectivity index (χ0n) is 10.0. The molecule has 18 heavy (non-hydrogen) atoms. The zero-order valence-corrected chi connectivity index (χ0v) is 10.0. The molecule has 5 nitrogen and oxygen atoms in total. The fourth-order valence-corrected chi connectivity index (χ4v) is 1.82. The van der Waals surface area contributed by atoms with Crippen molar-refractivity contribution < 1.29 is 24.2 Å². The highest BCUT2D eigenvalue weighted by Crippen LogP contribution is 2.35. The first-order valence-corrected chi connectivity index (χ1v) is 5.82. The van der Waals surface area contributed by atoms with E-state index in [1.807, 2.05) is 0 Å². The van der Waals surface area contributed by atoms with Crippen molar-refractivity contribution >= 4 is 11.8 Å². The number of ether oxygens (including phenoxy) is 2. The minimum atomic E-state index is -1.03. The van der Waals surface area contributed by atoms with Gasteiger partial charge in [-0.2, -0.15) is 0 Å². The molecule has 1 aromatic rings. The smallest absolute Gasteiger partial charge is 0.344 e. The Bertz CT molecular complexity index is 480. The maximum Gasteiger partial charge on any atom is 0.344 e. The summed E-state index contributed by atoms with van der Waals surface area (Å²) in [5.41, 5.74) is 0.457. The first-order chi connectivity index (χ1) is 8.63. The number of para-hydroxylation sites is 1. The van der Waals surface area contributed by atoms with Gasteiger partial charge >= 0.3 is 5.97 Å². The second-order valence-electron chi connectivity index (χ2n) is 4.01. The van der Waals surface area contributed by atoms with Crippen molar-refractivity contribution in [2.75, 3.05) is 6.61 Å². The molecule has 1 aliphatic heterocycles. The molecule has 1 heterocycles. The van der Waals surface area contributed by atoms with Crippen LogP contribution in [0.2, 0.25) is 0 Å². The molecule has 0 fully saturated rings. The molecule has 1 N–H and O–H groups in total. The third-order valence-corrected chi connectivity index (χ3v) is 2.77. The molecule has 1 unspecified atom stereocenters. The molecule has 1 aliphatic rings. The standard InChI is InChI=1S/C13H14O5/c1-2-10(13(15)16)18-11-5-3-4-8-9(14)6-7-17-12(8)11/h3-5,10H,2,6-7H2,1H3,(H,15,16). The minimum absolute atomic E-state index is 0.00919. The first-order valence-electron chi connectivity index (χ1n) is 5.82. The Labute approximate surface area is 104 Å². The highest BCUT2D eigenvalue weighted by atomic mass is 16.5. The number of rotatable bonds is 4. The van der Waals surface area contributed by atoms with E-state index in [2.05, 4.69) is 0 Å². The molecule has 0 spiro atoms. The van der Waals surface area contributed by atoms with Gasteiger partial charge in [0.05, 0.1) is 12.2 Å². The fourth-order valence-electron chi connectivity index (χ4n) is 1.82. The zero-order chi connectivity index (χ0) is 13.1. The van der Waals surface area contributed by atoms with E-state index in [0.717, 1.165) is 0 Å². The monoisotopic (exact) mass is 250 g/mol. The molecule has 0 radical (unpaired) electrons. The Morgan fingerprint density at radius 1 is 1.56 bits per heavy atom. The summed E-state index contributed by atoms with van der Waals surface area (Å²) in [6.45, 7) is 2.02. The summed E-state index contributed by atoms with van der Waals surface area (Å²) in [5.74, 6) is -0.370. The summed E-state index contributed by atoms with van der Waals surface area (Å²) in [7, 11) is 0. The summed E-state index contributed by atoms with van der Waals surface area (Å²) in [5, 5.41) is 8.96. The van der Waals surface area contributed by atoms with Crippen LogP contribution in [0.25, 0.3) is 0 Å². The maximum absolute atomic E-state index is 11.7. The molecule has 0 amide bonds. The number of carboxylic acids is 1. The maximum atomic E-state index is 11.7. The largest absolute Gasteiger partial charge is 0.488 e. The Morgan fingerprint density at radius 2 is 2.33 bits per heavy atom. The van der Waals surface area contributed by atoms with Gasteiger partial charge in [-0.15, -0.1) is 0 Å². The SMILES string of the molecule is CCC(Oc1cccc2c1OCCC2=O)C(=O)O. The number of hydrogen-bond acceptors (Lipinski definition) is 4. The van der Waals surface area contributed by atoms with Gasteiger partial charge in [-0.25, -0.2) is 4.79 Å². The van der Waals surface area contributed by atoms with Crippen LogP contribution in [0.15, 0.2) is 18.2 Å². The van der Waals surface area contributed by atoms with E-state index >= 15 is 0 Å². The number of fused-ring (bicyclic) bond motifs is 1. The lowest BCUT2D eigenvalue weighted by Crippen LogP contribution is -2.27. The average molecular weight is 250 g/mol. The van der Waals surface area contributed by atoms with E-state index in [1.165, 1.54) is 0 Å². The molecular formula is C13H14O5. The molecule has 5 heteroatoms. The van der Waals surface area contributed by atoms with Gasteiger partial charge in [0, 0.05) is 6.42 Å². The number of ketones is 1. The van der Waals surface area contributed by atoms with Crippen LogP contribution < -0.4 is 9.47 Å². The number of carbonyl (C=O) groups excluding carboxylic acids is 1. The number of aliphatic carboxylic acids is 1. The first kappa shape index (κ1) is 12.4. The predicted octanol–water partition coefficient (Wildman–Crippen LogP) is 1.89. The quantitative estimate of drug-likeness (QED) is 0.883. The molecule has 0 aromatic heterocycles. The van der Waals surface area contributed by atoms with Crippen molar-refractivity contribution in [1.82, 2.24) is 0 Å². The molecule has 0 saturated heterocycles. The van der Waals surface area contributed by atoms with Crippen molar-refractivity contribution in [2.24, 2.45) is 0 Å². The Hall–Kier alpha value is -2.04. The summed E-state index contributed by atoms with van der Waals surface area (Å²) in [6, 6.07) is 4.93. The van der Waals surface area contributed by atoms with E-state index in [1.54, 1.807) is 25.1 Å². The van der Waals surface area contributed by atoms with Gasteiger partial charge in [0.1, 0.15) is 0 Å². The number of hydrogen-bond donors (Lipinski definition) is 1. The molecule has 1 aromatic carbocycles. The summed E-state index contributed by atoms with van der Waals surface area (Å²) in [4.78, 5) is 22.6. The van der Waals surface area contributed by atoms with Gasteiger partial charge < -0.3 is 14.6 Å². The molecule has 2 rings (SSSR count). The molecule has 96 valence electrons. The van der Waals surface area contributed by atoms with Gasteiger partial charge in [-0.3, -0.25) is 4.79 Å². The van der Waals surface area contributed by atoms with Crippen molar-refractivity contribution in [1.29, 1.82) is 0 Å². The van der Waals surface area contributed by atoms with E-state index in [0.29, 0.717) is 36.5 Å². The predicted molar refractivity (Wildman–Crippen MR) is 63.2 cm³/mol. The Kier molecular flexibility index (Phi) is 3.50. The van der Waals surface area contributed by atoms with Crippen LogP contribution in [-0.2, 0) is 4.79 Å². The third kappa shape index (κ3) is 2.30. The van der Waals surface area contributed by atoms with E-state index in [-0.39, 0.29) is 5.78 Å². The molecular weight excluding hydrogens is 236 g/mol. The van der Waals surface area contributed by atoms with Crippen LogP contribution >= 0.6 is 0 Å². The molecule has 0 saturated carbocycles. The number of carboxylic acid groups (broad SMARTS) is 1. The topological polar surface area (TPSA) is 72.8 Å². The van der Waals surface area contributed by atoms with Crippen LogP contribution in [-0.4, -0.2) is 29.6 Å². The van der Waals surface area contributed by atoms with E-state index in [4.69, 9.17) is 14.6 Å². The summed E-state index contributed by atoms with van der Waals surface area (Å²) >= 11 is 0. The lowest BCUT2D eigenvalue weighted by molar-refractivity contribution is -0.145. The molecule has 0 bridgehead atoms. The second-order valence-corrected chi connectivity index (χ2v) is 4.01. The number of benzene rings is 1. The third-order valence-electron chi connectivity index (χ3n) is 2.77. The normalized spacial score (nSPS) is 15.5. The molecule has 1 atom stereocenters. The average Bonchev–Trinajstić information content (AvgIpc) is 2.36. The van der Waals surface area contributed by atoms with Gasteiger partial charge in [0.25, 0.3) is 0 Å². The van der Waals surface area contributed by atoms with Crippen LogP contribution in [0.1, 0.15) is 30.1 Å². The summed E-state index contributed by atoms with van der Waals surface area (Å²) < 4.78 is 10.8. The van der Waals surface area contributed by atoms with Crippen molar-refractivity contribution in [2.45, 2.75) is 25.9 Å². The highest BCUT2D eigenvalue weighted by Gasteiger charge is 2.25. The summed E-state index contributed by atoms with van der Waals surface area (Å²) in [6.07, 6.45) is -0.253. The highest BCUT2D eigenvalue weighted by molar-refractivity contribution is 6.00. The van der Waals surface area contributed by atoms with E-state index < -0.39 is 12.1 Å². The van der Waals surface area contributed by atoms with Gasteiger partial charge in [-0.1, -0.05) is 13.0 Å². The fraction of sp³-hybridized carbons (Fsp3) is 0.385. The minimum Gasteiger partial charge on any atom is -0.488 e. The van der Waals surface area contributed by atoms with Crippen LogP contribution in [0.4, 0.5) is 0 Å². The van der Waals surface area contributed by atoms with Crippen LogP contribution in [0.3, 0.4) is 0 Å².